The molecule has 2 rings (SSSR count). The summed E-state index contributed by atoms with van der Waals surface area (Å²) in [5, 5.41) is 4.42. The molecule has 3 N–H and O–H groups in total. The third-order valence-electron chi connectivity index (χ3n) is 3.66. The zero-order valence-corrected chi connectivity index (χ0v) is 13.7. The van der Waals surface area contributed by atoms with Crippen LogP contribution in [0.25, 0.3) is 0 Å². The highest BCUT2D eigenvalue weighted by Crippen LogP contribution is 2.22. The van der Waals surface area contributed by atoms with Crippen molar-refractivity contribution in [2.75, 3.05) is 0 Å². The molecule has 0 saturated heterocycles. The van der Waals surface area contributed by atoms with Crippen LogP contribution in [0.4, 0.5) is 0 Å². The van der Waals surface area contributed by atoms with Crippen LogP contribution in [0.3, 0.4) is 0 Å². The third-order valence-corrected chi connectivity index (χ3v) is 4.70. The van der Waals surface area contributed by atoms with Crippen molar-refractivity contribution in [2.24, 2.45) is 12.9 Å². The third kappa shape index (κ3) is 3.29. The number of benzene rings is 1. The van der Waals surface area contributed by atoms with Gasteiger partial charge in [0.2, 0.25) is 0 Å². The molecule has 0 spiro atoms. The van der Waals surface area contributed by atoms with Crippen LogP contribution in [-0.2, 0) is 19.9 Å². The van der Waals surface area contributed by atoms with Crippen molar-refractivity contribution < 1.29 is 0 Å². The Bertz CT molecular complexity index is 592. The van der Waals surface area contributed by atoms with Gasteiger partial charge in [0.25, 0.3) is 0 Å². The lowest BCUT2D eigenvalue weighted by atomic mass is 9.98. The van der Waals surface area contributed by atoms with Crippen LogP contribution in [0, 0.1) is 13.8 Å². The number of hydrogen-bond acceptors (Lipinski definition) is 3. The lowest BCUT2D eigenvalue weighted by molar-refractivity contribution is 0.503. The Hall–Kier alpha value is -1.17. The highest BCUT2D eigenvalue weighted by molar-refractivity contribution is 9.10. The van der Waals surface area contributed by atoms with Gasteiger partial charge < -0.3 is 0 Å². The number of aryl methyl sites for hydroxylation is 3. The molecule has 1 heterocycles. The fourth-order valence-electron chi connectivity index (χ4n) is 2.43. The lowest BCUT2D eigenvalue weighted by Crippen LogP contribution is -2.39. The number of nitrogens with two attached hydrogens (primary N) is 1. The predicted molar refractivity (Wildman–Crippen MR) is 85.3 cm³/mol. The minimum atomic E-state index is 0.183. The van der Waals surface area contributed by atoms with E-state index < -0.39 is 0 Å². The molecule has 0 radical (unpaired) electrons. The average Bonchev–Trinajstić information content (AvgIpc) is 2.66. The van der Waals surface area contributed by atoms with Crippen LogP contribution >= 0.6 is 15.9 Å². The molecule has 4 nitrogen and oxygen atoms in total. The molecule has 1 unspecified atom stereocenters. The van der Waals surface area contributed by atoms with Gasteiger partial charge >= 0.3 is 0 Å². The van der Waals surface area contributed by atoms with Crippen LogP contribution in [-0.4, -0.2) is 15.8 Å². The minimum absolute atomic E-state index is 0.183. The van der Waals surface area contributed by atoms with E-state index in [0.29, 0.717) is 0 Å². The summed E-state index contributed by atoms with van der Waals surface area (Å²) in [4.78, 5) is 0. The molecule has 5 heteroatoms. The van der Waals surface area contributed by atoms with Crippen molar-refractivity contribution >= 4 is 15.9 Å². The van der Waals surface area contributed by atoms with Crippen LogP contribution in [0.2, 0.25) is 0 Å². The molecule has 0 amide bonds. The number of aromatic nitrogens is 2. The van der Waals surface area contributed by atoms with Gasteiger partial charge in [0.1, 0.15) is 0 Å². The van der Waals surface area contributed by atoms with Crippen molar-refractivity contribution in [3.05, 3.63) is 51.3 Å². The standard InChI is InChI=1S/C15H21BrN4/c1-10-6-4-5-7-12(10)8-13(18-17)9-14-15(16)11(2)19-20(14)3/h4-7,13,18H,8-9,17H2,1-3H3. The van der Waals surface area contributed by atoms with Gasteiger partial charge in [-0.1, -0.05) is 24.3 Å². The monoisotopic (exact) mass is 336 g/mol. The predicted octanol–water partition coefficient (Wildman–Crippen LogP) is 2.42. The van der Waals surface area contributed by atoms with E-state index in [0.717, 1.165) is 23.0 Å². The Kier molecular flexibility index (Phi) is 4.96. The second-order valence-corrected chi connectivity index (χ2v) is 5.96. The quantitative estimate of drug-likeness (QED) is 0.651. The van der Waals surface area contributed by atoms with E-state index in [2.05, 4.69) is 57.6 Å². The first-order valence-electron chi connectivity index (χ1n) is 6.71. The molecule has 2 aromatic rings. The molecule has 0 aliphatic heterocycles. The molecule has 0 fully saturated rings. The van der Waals surface area contributed by atoms with Crippen molar-refractivity contribution in [1.82, 2.24) is 15.2 Å². The second kappa shape index (κ2) is 6.52. The van der Waals surface area contributed by atoms with Gasteiger partial charge in [-0.15, -0.1) is 0 Å². The largest absolute Gasteiger partial charge is 0.271 e. The van der Waals surface area contributed by atoms with E-state index in [9.17, 15) is 0 Å². The van der Waals surface area contributed by atoms with Crippen molar-refractivity contribution in [1.29, 1.82) is 0 Å². The molecule has 0 aliphatic rings. The molecule has 0 bridgehead atoms. The van der Waals surface area contributed by atoms with Gasteiger partial charge in [-0.3, -0.25) is 16.0 Å². The molecule has 1 aromatic heterocycles. The van der Waals surface area contributed by atoms with Crippen LogP contribution in [0.15, 0.2) is 28.7 Å². The zero-order chi connectivity index (χ0) is 14.7. The summed E-state index contributed by atoms with van der Waals surface area (Å²) < 4.78 is 2.99. The summed E-state index contributed by atoms with van der Waals surface area (Å²) >= 11 is 3.61. The Morgan fingerprint density at radius 1 is 1.30 bits per heavy atom. The maximum atomic E-state index is 5.73. The Morgan fingerprint density at radius 3 is 2.55 bits per heavy atom. The van der Waals surface area contributed by atoms with Crippen molar-refractivity contribution in [3.63, 3.8) is 0 Å². The van der Waals surface area contributed by atoms with Crippen molar-refractivity contribution in [2.45, 2.75) is 32.7 Å². The molecule has 108 valence electrons. The van der Waals surface area contributed by atoms with Gasteiger partial charge in [0, 0.05) is 19.5 Å². The maximum absolute atomic E-state index is 5.73. The Morgan fingerprint density at radius 2 is 2.00 bits per heavy atom. The second-order valence-electron chi connectivity index (χ2n) is 5.17. The fraction of sp³-hybridized carbons (Fsp3) is 0.400. The molecule has 1 atom stereocenters. The van der Waals surface area contributed by atoms with E-state index in [1.54, 1.807) is 0 Å². The molecule has 1 aromatic carbocycles. The average molecular weight is 337 g/mol. The van der Waals surface area contributed by atoms with Gasteiger partial charge in [-0.2, -0.15) is 5.10 Å². The number of halogens is 1. The minimum Gasteiger partial charge on any atom is -0.271 e. The molecule has 0 saturated carbocycles. The summed E-state index contributed by atoms with van der Waals surface area (Å²) in [6.07, 6.45) is 1.74. The summed E-state index contributed by atoms with van der Waals surface area (Å²) in [6.45, 7) is 4.13. The Labute approximate surface area is 128 Å². The van der Waals surface area contributed by atoms with Gasteiger partial charge in [-0.05, 0) is 47.3 Å². The zero-order valence-electron chi connectivity index (χ0n) is 12.2. The highest BCUT2D eigenvalue weighted by atomic mass is 79.9. The fourth-order valence-corrected chi connectivity index (χ4v) is 2.93. The molecule has 0 aliphatic carbocycles. The summed E-state index contributed by atoms with van der Waals surface area (Å²) in [5.74, 6) is 5.73. The van der Waals surface area contributed by atoms with Crippen LogP contribution < -0.4 is 11.3 Å². The van der Waals surface area contributed by atoms with E-state index in [1.165, 1.54) is 16.8 Å². The topological polar surface area (TPSA) is 55.9 Å². The maximum Gasteiger partial charge on any atom is 0.0738 e. The number of hydrazine groups is 1. The van der Waals surface area contributed by atoms with Gasteiger partial charge in [0.05, 0.1) is 15.9 Å². The van der Waals surface area contributed by atoms with E-state index in [1.807, 2.05) is 18.7 Å². The van der Waals surface area contributed by atoms with Crippen LogP contribution in [0.5, 0.6) is 0 Å². The summed E-state index contributed by atoms with van der Waals surface area (Å²) in [6, 6.07) is 8.60. The normalized spacial score (nSPS) is 12.7. The number of rotatable bonds is 5. The Balaban J connectivity index is 2.15. The first-order chi connectivity index (χ1) is 9.52. The first-order valence-corrected chi connectivity index (χ1v) is 7.50. The number of hydrogen-bond donors (Lipinski definition) is 2. The van der Waals surface area contributed by atoms with Crippen LogP contribution in [0.1, 0.15) is 22.5 Å². The van der Waals surface area contributed by atoms with Gasteiger partial charge in [0.15, 0.2) is 0 Å². The molecular weight excluding hydrogens is 316 g/mol. The highest BCUT2D eigenvalue weighted by Gasteiger charge is 2.16. The summed E-state index contributed by atoms with van der Waals surface area (Å²) in [5.41, 5.74) is 7.73. The van der Waals surface area contributed by atoms with Gasteiger partial charge in [-0.25, -0.2) is 0 Å². The van der Waals surface area contributed by atoms with E-state index >= 15 is 0 Å². The molecular formula is C15H21BrN4. The lowest BCUT2D eigenvalue weighted by Gasteiger charge is -2.17. The number of nitrogens with zero attached hydrogens (tertiary/aromatic N) is 2. The first kappa shape index (κ1) is 15.2. The number of nitrogens with one attached hydrogen (secondary N) is 1. The molecule has 20 heavy (non-hydrogen) atoms. The van der Waals surface area contributed by atoms with Crippen molar-refractivity contribution in [3.8, 4) is 0 Å². The SMILES string of the molecule is Cc1ccccc1CC(Cc1c(Br)c(C)nn1C)NN. The van der Waals surface area contributed by atoms with E-state index in [4.69, 9.17) is 5.84 Å². The van der Waals surface area contributed by atoms with E-state index in [-0.39, 0.29) is 6.04 Å². The smallest absolute Gasteiger partial charge is 0.0738 e. The summed E-state index contributed by atoms with van der Waals surface area (Å²) in [7, 11) is 1.97.